The molecule has 4 unspecified atom stereocenters. The molecule has 1 aliphatic rings. The van der Waals surface area contributed by atoms with E-state index in [1.165, 1.54) is 6.33 Å². The van der Waals surface area contributed by atoms with Crippen molar-refractivity contribution in [3.8, 4) is 0 Å². The number of imidazole rings is 1. The molecule has 6 N–H and O–H groups in total. The summed E-state index contributed by atoms with van der Waals surface area (Å²) >= 11 is 0. The van der Waals surface area contributed by atoms with Crippen LogP contribution in [0.15, 0.2) is 53.6 Å². The highest BCUT2D eigenvalue weighted by Crippen LogP contribution is 2.40. The molecule has 2 heterocycles. The molecule has 1 aliphatic carbocycles. The number of carbonyl (C=O) groups is 1. The van der Waals surface area contributed by atoms with Crippen molar-refractivity contribution in [1.82, 2.24) is 19.5 Å². The normalized spacial score (nSPS) is 22.3. The van der Waals surface area contributed by atoms with Crippen LogP contribution in [0.5, 0.6) is 0 Å². The second kappa shape index (κ2) is 7.73. The second-order valence-corrected chi connectivity index (χ2v) is 7.29. The number of nitrogens with zero attached hydrogens (tertiary/aromatic N) is 3. The molecule has 10 heteroatoms. The lowest BCUT2D eigenvalue weighted by molar-refractivity contribution is -0.147. The molecule has 0 aliphatic heterocycles. The van der Waals surface area contributed by atoms with Gasteiger partial charge in [-0.05, 0) is 17.6 Å². The van der Waals surface area contributed by atoms with Crippen LogP contribution in [0.1, 0.15) is 24.1 Å². The van der Waals surface area contributed by atoms with Crippen molar-refractivity contribution in [1.29, 1.82) is 0 Å². The summed E-state index contributed by atoms with van der Waals surface area (Å²) in [6, 6.07) is 7.62. The molecule has 1 aromatic carbocycles. The van der Waals surface area contributed by atoms with Gasteiger partial charge in [-0.2, -0.15) is 4.98 Å². The molecule has 4 atom stereocenters. The van der Waals surface area contributed by atoms with Gasteiger partial charge in [-0.15, -0.1) is 0 Å². The summed E-state index contributed by atoms with van der Waals surface area (Å²) in [5.41, 5.74) is 12.9. The fourth-order valence-corrected chi connectivity index (χ4v) is 3.78. The van der Waals surface area contributed by atoms with E-state index >= 15 is 0 Å². The fraction of sp³-hybridized carbons (Fsp3) is 0.300. The zero-order valence-electron chi connectivity index (χ0n) is 16.1. The molecule has 156 valence electrons. The van der Waals surface area contributed by atoms with Gasteiger partial charge in [0.2, 0.25) is 5.95 Å². The summed E-state index contributed by atoms with van der Waals surface area (Å²) in [4.78, 5) is 35.0. The van der Waals surface area contributed by atoms with E-state index in [2.05, 4.69) is 21.5 Å². The van der Waals surface area contributed by atoms with Gasteiger partial charge in [0.25, 0.3) is 5.56 Å². The molecule has 0 radical (unpaired) electrons. The molecule has 0 bridgehead atoms. The minimum atomic E-state index is -0.912. The Bertz CT molecular complexity index is 1160. The zero-order chi connectivity index (χ0) is 21.4. The van der Waals surface area contributed by atoms with Crippen LogP contribution < -0.4 is 17.0 Å². The van der Waals surface area contributed by atoms with E-state index in [9.17, 15) is 14.7 Å². The quantitative estimate of drug-likeness (QED) is 0.347. The number of aromatic nitrogens is 4. The fourth-order valence-electron chi connectivity index (χ4n) is 3.78. The van der Waals surface area contributed by atoms with Gasteiger partial charge < -0.3 is 25.9 Å². The number of hydrogen-bond acceptors (Lipinski definition) is 8. The predicted molar refractivity (Wildman–Crippen MR) is 109 cm³/mol. The molecule has 1 fully saturated rings. The van der Waals surface area contributed by atoms with Gasteiger partial charge >= 0.3 is 5.97 Å². The number of rotatable bonds is 5. The molecular formula is C20H22N6O4. The number of nitrogens with one attached hydrogen (secondary N) is 1. The average Bonchev–Trinajstić information content (AvgIpc) is 3.27. The maximum atomic E-state index is 12.3. The Morgan fingerprint density at radius 3 is 2.87 bits per heavy atom. The smallest absolute Gasteiger partial charge is 0.327 e. The van der Waals surface area contributed by atoms with Crippen molar-refractivity contribution in [2.75, 3.05) is 12.3 Å². The number of benzene rings is 1. The molecule has 4 rings (SSSR count). The lowest BCUT2D eigenvalue weighted by Crippen LogP contribution is -2.28. The molecule has 10 nitrogen and oxygen atoms in total. The topological polar surface area (TPSA) is 162 Å². The van der Waals surface area contributed by atoms with Gasteiger partial charge in [-0.1, -0.05) is 36.9 Å². The van der Waals surface area contributed by atoms with E-state index in [4.69, 9.17) is 16.2 Å². The average molecular weight is 410 g/mol. The molecule has 0 amide bonds. The van der Waals surface area contributed by atoms with Crippen LogP contribution in [0.4, 0.5) is 5.95 Å². The largest absolute Gasteiger partial charge is 0.464 e. The Hall–Kier alpha value is -3.50. The number of aromatic amines is 1. The van der Waals surface area contributed by atoms with Gasteiger partial charge in [-0.25, -0.2) is 9.78 Å². The van der Waals surface area contributed by atoms with Crippen LogP contribution in [0.2, 0.25) is 0 Å². The molecule has 2 aromatic heterocycles. The Labute approximate surface area is 171 Å². The summed E-state index contributed by atoms with van der Waals surface area (Å²) in [5, 5.41) is 10.5. The maximum Gasteiger partial charge on any atom is 0.327 e. The van der Waals surface area contributed by atoms with E-state index in [0.29, 0.717) is 23.2 Å². The van der Waals surface area contributed by atoms with Gasteiger partial charge in [0, 0.05) is 5.92 Å². The molecule has 1 saturated carbocycles. The highest BCUT2D eigenvalue weighted by molar-refractivity contribution is 5.77. The standard InChI is InChI=1S/C20H22N6O4/c1-10-12(8-30-19(29)15(21)11-5-3-2-4-6-11)14(27)7-13(10)26-9-23-16-17(26)24-20(22)25-18(16)28/h2-6,9,12-15,27H,1,7-8,21H2,(H3,22,24,25,28). The number of hydrogen-bond donors (Lipinski definition) is 4. The summed E-state index contributed by atoms with van der Waals surface area (Å²) < 4.78 is 7.03. The summed E-state index contributed by atoms with van der Waals surface area (Å²) in [6.45, 7) is 4.02. The first-order valence-electron chi connectivity index (χ1n) is 9.43. The van der Waals surface area contributed by atoms with E-state index in [1.807, 2.05) is 6.07 Å². The Kier molecular flexibility index (Phi) is 5.10. The molecule has 30 heavy (non-hydrogen) atoms. The Balaban J connectivity index is 1.49. The van der Waals surface area contributed by atoms with Gasteiger partial charge in [0.05, 0.1) is 18.5 Å². The lowest BCUT2D eigenvalue weighted by Gasteiger charge is -2.19. The van der Waals surface area contributed by atoms with Gasteiger partial charge in [0.15, 0.2) is 11.2 Å². The number of ether oxygens (including phenoxy) is 1. The SMILES string of the molecule is C=C1C(COC(=O)C(N)c2ccccc2)C(O)CC1n1cnc2c(=O)[nH]c(N)nc21. The third-order valence-electron chi connectivity index (χ3n) is 5.44. The maximum absolute atomic E-state index is 12.3. The number of aliphatic hydroxyl groups is 1. The number of fused-ring (bicyclic) bond motifs is 1. The first kappa shape index (κ1) is 19.8. The van der Waals surface area contributed by atoms with Crippen molar-refractivity contribution in [3.05, 3.63) is 64.7 Å². The summed E-state index contributed by atoms with van der Waals surface area (Å²) in [5.74, 6) is -1.10. The van der Waals surface area contributed by atoms with Crippen molar-refractivity contribution in [3.63, 3.8) is 0 Å². The molecule has 3 aromatic rings. The summed E-state index contributed by atoms with van der Waals surface area (Å²) in [7, 11) is 0. The van der Waals surface area contributed by atoms with E-state index in [0.717, 1.165) is 0 Å². The lowest BCUT2D eigenvalue weighted by atomic mass is 10.0. The van der Waals surface area contributed by atoms with E-state index in [1.54, 1.807) is 28.8 Å². The van der Waals surface area contributed by atoms with Crippen molar-refractivity contribution >= 4 is 23.1 Å². The number of carbonyl (C=O) groups excluding carboxylic acids is 1. The van der Waals surface area contributed by atoms with E-state index in [-0.39, 0.29) is 24.1 Å². The second-order valence-electron chi connectivity index (χ2n) is 7.29. The van der Waals surface area contributed by atoms with Crippen LogP contribution in [0.25, 0.3) is 11.2 Å². The molecule has 0 saturated heterocycles. The zero-order valence-corrected chi connectivity index (χ0v) is 16.1. The van der Waals surface area contributed by atoms with Crippen molar-refractivity contribution < 1.29 is 14.6 Å². The first-order chi connectivity index (χ1) is 14.4. The van der Waals surface area contributed by atoms with Crippen LogP contribution in [-0.4, -0.2) is 43.3 Å². The van der Waals surface area contributed by atoms with E-state index < -0.39 is 29.6 Å². The van der Waals surface area contributed by atoms with Gasteiger partial charge in [0.1, 0.15) is 12.6 Å². The van der Waals surface area contributed by atoms with Crippen LogP contribution >= 0.6 is 0 Å². The molecular weight excluding hydrogens is 388 g/mol. The monoisotopic (exact) mass is 410 g/mol. The Morgan fingerprint density at radius 2 is 2.13 bits per heavy atom. The third kappa shape index (κ3) is 3.46. The number of aliphatic hydroxyl groups excluding tert-OH is 1. The number of nitrogens with two attached hydrogens (primary N) is 2. The number of nitrogen functional groups attached to an aromatic ring is 1. The van der Waals surface area contributed by atoms with Crippen LogP contribution in [0.3, 0.4) is 0 Å². The van der Waals surface area contributed by atoms with Crippen molar-refractivity contribution in [2.45, 2.75) is 24.6 Å². The Morgan fingerprint density at radius 1 is 1.40 bits per heavy atom. The number of anilines is 1. The van der Waals surface area contributed by atoms with Crippen LogP contribution in [-0.2, 0) is 9.53 Å². The highest BCUT2D eigenvalue weighted by atomic mass is 16.5. The van der Waals surface area contributed by atoms with Crippen LogP contribution in [0, 0.1) is 5.92 Å². The third-order valence-corrected chi connectivity index (χ3v) is 5.44. The minimum Gasteiger partial charge on any atom is -0.464 e. The predicted octanol–water partition coefficient (Wildman–Crippen LogP) is 0.423. The van der Waals surface area contributed by atoms with Crippen molar-refractivity contribution in [2.24, 2.45) is 11.7 Å². The molecule has 0 spiro atoms. The van der Waals surface area contributed by atoms with Gasteiger partial charge in [-0.3, -0.25) is 9.78 Å². The summed E-state index contributed by atoms with van der Waals surface area (Å²) in [6.07, 6.45) is 0.986. The number of H-pyrrole nitrogens is 1. The highest BCUT2D eigenvalue weighted by Gasteiger charge is 2.39. The first-order valence-corrected chi connectivity index (χ1v) is 9.43. The minimum absolute atomic E-state index is 0.0289. The number of esters is 1.